The van der Waals surface area contributed by atoms with Crippen molar-refractivity contribution >= 4 is 83.2 Å². The molecule has 0 atom stereocenters. The van der Waals surface area contributed by atoms with Gasteiger partial charge < -0.3 is 0 Å². The third-order valence-corrected chi connectivity index (χ3v) is 16.2. The summed E-state index contributed by atoms with van der Waals surface area (Å²) in [6.45, 7) is 13.8. The molecule has 0 saturated carbocycles. The predicted molar refractivity (Wildman–Crippen MR) is 176 cm³/mol. The lowest BCUT2D eigenvalue weighted by molar-refractivity contribution is 0.900. The summed E-state index contributed by atoms with van der Waals surface area (Å²) in [6.07, 6.45) is 0. The van der Waals surface area contributed by atoms with Gasteiger partial charge in [0.15, 0.2) is 0 Å². The molecule has 38 heavy (non-hydrogen) atoms. The van der Waals surface area contributed by atoms with Crippen molar-refractivity contribution in [2.75, 3.05) is 0 Å². The van der Waals surface area contributed by atoms with Crippen LogP contribution >= 0.6 is 22.7 Å². The Morgan fingerprint density at radius 3 is 1.61 bits per heavy atom. The Morgan fingerprint density at radius 2 is 1.16 bits per heavy atom. The van der Waals surface area contributed by atoms with E-state index >= 15 is 0 Å². The van der Waals surface area contributed by atoms with Crippen LogP contribution in [-0.4, -0.2) is 8.07 Å². The van der Waals surface area contributed by atoms with Crippen molar-refractivity contribution in [3.63, 3.8) is 0 Å². The summed E-state index contributed by atoms with van der Waals surface area (Å²) >= 11 is 3.61. The van der Waals surface area contributed by atoms with Crippen LogP contribution in [0.25, 0.3) is 52.5 Å². The topological polar surface area (TPSA) is 0 Å². The summed E-state index contributed by atoms with van der Waals surface area (Å²) in [5, 5.41) is 14.7. The highest BCUT2D eigenvalue weighted by atomic mass is 32.1. The number of thiophene rings is 2. The first-order chi connectivity index (χ1) is 18.4. The van der Waals surface area contributed by atoms with E-state index in [9.17, 15) is 0 Å². The van der Waals surface area contributed by atoms with Crippen LogP contribution in [0.15, 0.2) is 59.3 Å². The zero-order valence-electron chi connectivity index (χ0n) is 23.0. The lowest BCUT2D eigenvalue weighted by Crippen LogP contribution is -2.39. The van der Waals surface area contributed by atoms with Crippen molar-refractivity contribution in [2.45, 2.75) is 58.7 Å². The normalized spacial score (nSPS) is 12.1. The van der Waals surface area contributed by atoms with Gasteiger partial charge in [0.05, 0.1) is 0 Å². The fourth-order valence-electron chi connectivity index (χ4n) is 6.53. The monoisotopic (exact) mass is 544 g/mol. The molecule has 0 radical (unpaired) electrons. The number of hydrogen-bond acceptors (Lipinski definition) is 2. The van der Waals surface area contributed by atoms with Crippen molar-refractivity contribution < 1.29 is 0 Å². The van der Waals surface area contributed by atoms with Crippen molar-refractivity contribution in [3.05, 3.63) is 70.4 Å². The lowest BCUT2D eigenvalue weighted by Gasteiger charge is -2.33. The molecular formula is C35H32S2Si. The maximum atomic E-state index is 3.99. The summed E-state index contributed by atoms with van der Waals surface area (Å²) in [4.78, 5) is 0. The molecule has 0 nitrogen and oxygen atoms in total. The summed E-state index contributed by atoms with van der Waals surface area (Å²) in [7, 11) is -1.79. The Kier molecular flexibility index (Phi) is 6.36. The second kappa shape index (κ2) is 9.59. The molecule has 3 heteroatoms. The van der Waals surface area contributed by atoms with Crippen LogP contribution < -0.4 is 0 Å². The summed E-state index contributed by atoms with van der Waals surface area (Å²) in [6, 6.07) is 19.6. The third-order valence-electron chi connectivity index (χ3n) is 8.59. The Labute approximate surface area is 234 Å². The first-order valence-corrected chi connectivity index (χ1v) is 17.7. The second-order valence-electron chi connectivity index (χ2n) is 10.9. The predicted octanol–water partition coefficient (Wildman–Crippen LogP) is 11.1. The molecule has 6 aromatic rings. The Balaban J connectivity index is 1.81. The quantitative estimate of drug-likeness (QED) is 0.118. The van der Waals surface area contributed by atoms with E-state index in [1.165, 1.54) is 64.1 Å². The van der Waals surface area contributed by atoms with Crippen molar-refractivity contribution in [1.29, 1.82) is 0 Å². The van der Waals surface area contributed by atoms with Gasteiger partial charge in [0.2, 0.25) is 0 Å². The summed E-state index contributed by atoms with van der Waals surface area (Å²) in [5.41, 5.74) is 7.51. The molecule has 0 unspecified atom stereocenters. The highest BCUT2D eigenvalue weighted by Crippen LogP contribution is 2.42. The van der Waals surface area contributed by atoms with E-state index < -0.39 is 8.07 Å². The molecule has 0 amide bonds. The van der Waals surface area contributed by atoms with Gasteiger partial charge in [-0.15, -0.1) is 34.1 Å². The van der Waals surface area contributed by atoms with Gasteiger partial charge in [-0.2, -0.15) is 0 Å². The van der Waals surface area contributed by atoms with E-state index in [-0.39, 0.29) is 0 Å². The van der Waals surface area contributed by atoms with E-state index in [2.05, 4.69) is 117 Å². The minimum atomic E-state index is -1.79. The number of fused-ring (bicyclic) bond motifs is 9. The highest BCUT2D eigenvalue weighted by molar-refractivity contribution is 7.17. The number of hydrogen-bond donors (Lipinski definition) is 0. The molecule has 0 bridgehead atoms. The molecule has 0 aliphatic heterocycles. The first-order valence-electron chi connectivity index (χ1n) is 13.5. The molecule has 2 aromatic heterocycles. The first kappa shape index (κ1) is 25.2. The molecule has 0 aliphatic carbocycles. The summed E-state index contributed by atoms with van der Waals surface area (Å²) < 4.78 is 2.63. The Bertz CT molecular complexity index is 1990. The van der Waals surface area contributed by atoms with Crippen LogP contribution in [0.2, 0.25) is 17.1 Å². The maximum absolute atomic E-state index is 3.99. The van der Waals surface area contributed by atoms with E-state index in [1.807, 2.05) is 18.3 Å². The van der Waals surface area contributed by atoms with Gasteiger partial charge in [0.1, 0.15) is 8.07 Å². The molecule has 4 aromatic carbocycles. The molecule has 0 fully saturated rings. The Morgan fingerprint density at radius 1 is 0.658 bits per heavy atom. The minimum absolute atomic E-state index is 0.621. The van der Waals surface area contributed by atoms with Gasteiger partial charge in [-0.05, 0) is 92.8 Å². The molecule has 0 saturated heterocycles. The minimum Gasteiger partial charge on any atom is -0.144 e. The largest absolute Gasteiger partial charge is 0.144 e. The third kappa shape index (κ3) is 3.72. The van der Waals surface area contributed by atoms with E-state index in [4.69, 9.17) is 0 Å². The van der Waals surface area contributed by atoms with E-state index in [1.54, 1.807) is 11.3 Å². The van der Waals surface area contributed by atoms with Crippen LogP contribution in [0.4, 0.5) is 0 Å². The Hall–Kier alpha value is -3.08. The van der Waals surface area contributed by atoms with Crippen LogP contribution in [0.1, 0.15) is 52.7 Å². The van der Waals surface area contributed by atoms with E-state index in [0.29, 0.717) is 11.1 Å². The fourth-order valence-corrected chi connectivity index (χ4v) is 12.2. The van der Waals surface area contributed by atoms with Crippen LogP contribution in [-0.2, 0) is 0 Å². The highest BCUT2D eigenvalue weighted by Gasteiger charge is 2.36. The molecule has 2 heterocycles. The molecule has 0 spiro atoms. The van der Waals surface area contributed by atoms with Crippen LogP contribution in [0.5, 0.6) is 0 Å². The standard InChI is InChI=1S/C35H32S2Si/c1-7-9-24-20-30-27-11-13-33-29(15-18-37-33)35(27)25(16-19-38(8-2,22(3)4)23(5)6)21-31(30)26-10-12-32-28(34(24)26)14-17-36-32/h10-15,17-18,20-23H,8H2,1-6H3. The van der Waals surface area contributed by atoms with E-state index in [0.717, 1.165) is 5.56 Å². The van der Waals surface area contributed by atoms with Crippen LogP contribution in [0.3, 0.4) is 0 Å². The van der Waals surface area contributed by atoms with Crippen molar-refractivity contribution in [1.82, 2.24) is 0 Å². The average molecular weight is 545 g/mol. The smallest absolute Gasteiger partial charge is 0.143 e. The molecule has 6 rings (SSSR count). The fraction of sp³-hybridized carbons (Fsp3) is 0.257. The molecule has 0 N–H and O–H groups in total. The van der Waals surface area contributed by atoms with Gasteiger partial charge in [0.25, 0.3) is 0 Å². The van der Waals surface area contributed by atoms with Gasteiger partial charge in [-0.25, -0.2) is 0 Å². The van der Waals surface area contributed by atoms with Gasteiger partial charge in [0, 0.05) is 42.1 Å². The molecule has 188 valence electrons. The summed E-state index contributed by atoms with van der Waals surface area (Å²) in [5.74, 6) is 10.5. The average Bonchev–Trinajstić information content (AvgIpc) is 3.58. The number of rotatable bonds is 3. The van der Waals surface area contributed by atoms with Gasteiger partial charge >= 0.3 is 0 Å². The molecular weight excluding hydrogens is 513 g/mol. The second-order valence-corrected chi connectivity index (χ2v) is 18.2. The van der Waals surface area contributed by atoms with Crippen LogP contribution in [0, 0.1) is 23.3 Å². The lowest BCUT2D eigenvalue weighted by atomic mass is 9.89. The molecule has 0 aliphatic rings. The SMILES string of the molecule is CC#Cc1cc2c(cc(C#C[Si](CC)(C(C)C)C(C)C)c3c4ccsc4ccc23)c2ccc3sccc3c12. The van der Waals surface area contributed by atoms with Crippen molar-refractivity contribution in [3.8, 4) is 23.3 Å². The van der Waals surface area contributed by atoms with Crippen molar-refractivity contribution in [2.24, 2.45) is 0 Å². The van der Waals surface area contributed by atoms with Gasteiger partial charge in [-0.1, -0.05) is 58.6 Å². The maximum Gasteiger partial charge on any atom is 0.143 e. The zero-order valence-corrected chi connectivity index (χ0v) is 25.6. The van der Waals surface area contributed by atoms with Gasteiger partial charge in [-0.3, -0.25) is 0 Å². The number of benzene rings is 4. The zero-order chi connectivity index (χ0) is 26.6.